The molecule has 0 radical (unpaired) electrons. The van der Waals surface area contributed by atoms with Gasteiger partial charge >= 0.3 is 6.18 Å². The molecule has 0 aromatic heterocycles. The monoisotopic (exact) mass is 646 g/mol. The van der Waals surface area contributed by atoms with Gasteiger partial charge in [-0.05, 0) is 59.5 Å². The van der Waals surface area contributed by atoms with Crippen molar-refractivity contribution in [3.8, 4) is 16.9 Å². The summed E-state index contributed by atoms with van der Waals surface area (Å²) >= 11 is 11.7. The van der Waals surface area contributed by atoms with Crippen molar-refractivity contribution >= 4 is 53.0 Å². The number of hydrogen-bond donors (Lipinski definition) is 1. The van der Waals surface area contributed by atoms with E-state index in [0.717, 1.165) is 39.9 Å². The minimum atomic E-state index is -4.71. The standard InChI is InChI=1S/C30H23Cl2F3N4O5/c1-38-26(41)11-10-24(29(38)43)39-14-18-12-17(4-7-20(18)28(39)42)16-2-5-19(6-3-16)44-15-25(40)37-36-13-21-22(30(33,34)35)8-9-23(31)27(21)32/h2-9,12-13,24H,10-11,14-15H2,1H3,(H,37,40)/b36-13+. The van der Waals surface area contributed by atoms with Crippen molar-refractivity contribution in [2.75, 3.05) is 13.7 Å². The first-order valence-electron chi connectivity index (χ1n) is 13.2. The fourth-order valence-corrected chi connectivity index (χ4v) is 5.37. The highest BCUT2D eigenvalue weighted by Crippen LogP contribution is 2.37. The molecular weight excluding hydrogens is 624 g/mol. The highest BCUT2D eigenvalue weighted by molar-refractivity contribution is 6.43. The van der Waals surface area contributed by atoms with Crippen LogP contribution in [0.4, 0.5) is 13.2 Å². The maximum atomic E-state index is 13.3. The number of hydrazone groups is 1. The molecule has 2 aliphatic rings. The minimum absolute atomic E-state index is 0.0997. The molecule has 1 fully saturated rings. The summed E-state index contributed by atoms with van der Waals surface area (Å²) in [6.45, 7) is -0.218. The number of benzene rings is 3. The molecule has 9 nitrogen and oxygen atoms in total. The van der Waals surface area contributed by atoms with E-state index in [-0.39, 0.29) is 47.2 Å². The van der Waals surface area contributed by atoms with E-state index >= 15 is 0 Å². The van der Waals surface area contributed by atoms with E-state index < -0.39 is 35.9 Å². The molecule has 3 aromatic carbocycles. The van der Waals surface area contributed by atoms with Gasteiger partial charge in [0.1, 0.15) is 11.8 Å². The van der Waals surface area contributed by atoms with Crippen molar-refractivity contribution in [2.24, 2.45) is 5.10 Å². The van der Waals surface area contributed by atoms with Crippen LogP contribution in [0.2, 0.25) is 10.0 Å². The number of carbonyl (C=O) groups is 4. The summed E-state index contributed by atoms with van der Waals surface area (Å²) in [4.78, 5) is 52.2. The number of piperidine rings is 1. The lowest BCUT2D eigenvalue weighted by atomic mass is 10.0. The molecule has 1 unspecified atom stereocenters. The fourth-order valence-electron chi connectivity index (χ4n) is 4.99. The number of nitrogens with one attached hydrogen (secondary N) is 1. The average Bonchev–Trinajstić information content (AvgIpc) is 3.31. The lowest BCUT2D eigenvalue weighted by Crippen LogP contribution is -2.53. The van der Waals surface area contributed by atoms with E-state index in [0.29, 0.717) is 11.3 Å². The molecule has 1 saturated heterocycles. The molecule has 4 amide bonds. The van der Waals surface area contributed by atoms with Crippen molar-refractivity contribution in [1.82, 2.24) is 15.2 Å². The van der Waals surface area contributed by atoms with Crippen molar-refractivity contribution in [3.63, 3.8) is 0 Å². The Kier molecular flexibility index (Phi) is 8.66. The number of ether oxygens (including phenoxy) is 1. The van der Waals surface area contributed by atoms with Crippen LogP contribution in [0, 0.1) is 0 Å². The zero-order chi connectivity index (χ0) is 31.8. The second-order valence-electron chi connectivity index (χ2n) is 10.1. The first-order chi connectivity index (χ1) is 20.8. The van der Waals surface area contributed by atoms with Crippen LogP contribution in [0.25, 0.3) is 11.1 Å². The van der Waals surface area contributed by atoms with Crippen molar-refractivity contribution in [3.05, 3.63) is 86.9 Å². The third kappa shape index (κ3) is 6.27. The van der Waals surface area contributed by atoms with E-state index in [9.17, 15) is 32.3 Å². The van der Waals surface area contributed by atoms with Gasteiger partial charge in [-0.15, -0.1) is 0 Å². The van der Waals surface area contributed by atoms with E-state index in [1.807, 2.05) is 6.07 Å². The Morgan fingerprint density at radius 1 is 1.07 bits per heavy atom. The molecule has 0 saturated carbocycles. The van der Waals surface area contributed by atoms with Crippen LogP contribution in [0.15, 0.2) is 59.7 Å². The highest BCUT2D eigenvalue weighted by atomic mass is 35.5. The highest BCUT2D eigenvalue weighted by Gasteiger charge is 2.41. The Bertz CT molecular complexity index is 1700. The summed E-state index contributed by atoms with van der Waals surface area (Å²) in [5.41, 5.74) is 3.43. The van der Waals surface area contributed by atoms with Crippen LogP contribution in [0.3, 0.4) is 0 Å². The van der Waals surface area contributed by atoms with Crippen molar-refractivity contribution in [1.29, 1.82) is 0 Å². The molecule has 0 bridgehead atoms. The number of carbonyl (C=O) groups excluding carboxylic acids is 4. The predicted molar refractivity (Wildman–Crippen MR) is 155 cm³/mol. The Morgan fingerprint density at radius 2 is 1.77 bits per heavy atom. The number of amides is 4. The number of halogens is 5. The maximum Gasteiger partial charge on any atom is 0.417 e. The molecule has 3 aromatic rings. The maximum absolute atomic E-state index is 13.3. The summed E-state index contributed by atoms with van der Waals surface area (Å²) in [5.74, 6) is -1.28. The molecule has 1 atom stereocenters. The molecule has 0 spiro atoms. The normalized spacial score (nSPS) is 17.0. The molecule has 5 rings (SSSR count). The van der Waals surface area contributed by atoms with Crippen LogP contribution in [0.5, 0.6) is 5.75 Å². The largest absolute Gasteiger partial charge is 0.484 e. The molecular formula is C30H23Cl2F3N4O5. The Morgan fingerprint density at radius 3 is 2.48 bits per heavy atom. The van der Waals surface area contributed by atoms with E-state index in [2.05, 4.69) is 10.5 Å². The van der Waals surface area contributed by atoms with Gasteiger partial charge in [-0.3, -0.25) is 24.1 Å². The number of imide groups is 1. The van der Waals surface area contributed by atoms with Gasteiger partial charge in [0.25, 0.3) is 17.7 Å². The van der Waals surface area contributed by atoms with Crippen LogP contribution in [-0.2, 0) is 27.1 Å². The van der Waals surface area contributed by atoms with Gasteiger partial charge in [0.15, 0.2) is 6.61 Å². The molecule has 2 heterocycles. The Labute approximate surface area is 259 Å². The Hall–Kier alpha value is -4.42. The third-order valence-electron chi connectivity index (χ3n) is 7.31. The van der Waals surface area contributed by atoms with E-state index in [1.54, 1.807) is 36.4 Å². The number of nitrogens with zero attached hydrogens (tertiary/aromatic N) is 3. The Balaban J connectivity index is 1.19. The smallest absolute Gasteiger partial charge is 0.417 e. The van der Waals surface area contributed by atoms with Crippen LogP contribution in [-0.4, -0.2) is 59.3 Å². The second-order valence-corrected chi connectivity index (χ2v) is 10.9. The topological polar surface area (TPSA) is 108 Å². The lowest BCUT2D eigenvalue weighted by Gasteiger charge is -2.33. The summed E-state index contributed by atoms with van der Waals surface area (Å²) in [6, 6.07) is 13.2. The zero-order valence-corrected chi connectivity index (χ0v) is 24.5. The second kappa shape index (κ2) is 12.3. The summed E-state index contributed by atoms with van der Waals surface area (Å²) in [7, 11) is 1.42. The summed E-state index contributed by atoms with van der Waals surface area (Å²) in [5, 5.41) is 3.10. The van der Waals surface area contributed by atoms with E-state index in [1.165, 1.54) is 11.9 Å². The van der Waals surface area contributed by atoms with Crippen LogP contribution >= 0.6 is 23.2 Å². The number of hydrogen-bond acceptors (Lipinski definition) is 6. The fraction of sp³-hybridized carbons (Fsp3) is 0.233. The first kappa shape index (κ1) is 31.0. The van der Waals surface area contributed by atoms with Crippen LogP contribution in [0.1, 0.15) is 39.9 Å². The number of likely N-dealkylation sites (N-methyl/N-ethyl adjacent to an activating group) is 1. The number of rotatable bonds is 7. The molecule has 228 valence electrons. The molecule has 14 heteroatoms. The lowest BCUT2D eigenvalue weighted by molar-refractivity contribution is -0.150. The number of fused-ring (bicyclic) bond motifs is 1. The SMILES string of the molecule is CN1C(=O)CCC(N2Cc3cc(-c4ccc(OCC(=O)N/N=C/c5c(C(F)(F)F)ccc(Cl)c5Cl)cc4)ccc3C2=O)C1=O. The third-order valence-corrected chi connectivity index (χ3v) is 8.13. The molecule has 44 heavy (non-hydrogen) atoms. The first-order valence-corrected chi connectivity index (χ1v) is 14.0. The predicted octanol–water partition coefficient (Wildman–Crippen LogP) is 5.31. The van der Waals surface area contributed by atoms with Gasteiger partial charge < -0.3 is 9.64 Å². The van der Waals surface area contributed by atoms with Gasteiger partial charge in [-0.1, -0.05) is 41.4 Å². The van der Waals surface area contributed by atoms with Gasteiger partial charge in [-0.2, -0.15) is 18.3 Å². The molecule has 1 N–H and O–H groups in total. The van der Waals surface area contributed by atoms with Gasteiger partial charge in [-0.25, -0.2) is 5.43 Å². The summed E-state index contributed by atoms with van der Waals surface area (Å²) < 4.78 is 45.3. The minimum Gasteiger partial charge on any atom is -0.484 e. The average molecular weight is 647 g/mol. The zero-order valence-electron chi connectivity index (χ0n) is 23.0. The summed E-state index contributed by atoms with van der Waals surface area (Å²) in [6.07, 6.45) is -3.46. The quantitative estimate of drug-likeness (QED) is 0.213. The molecule has 2 aliphatic heterocycles. The number of likely N-dealkylation sites (tertiary alicyclic amines) is 1. The van der Waals surface area contributed by atoms with Crippen LogP contribution < -0.4 is 10.2 Å². The van der Waals surface area contributed by atoms with Crippen molar-refractivity contribution in [2.45, 2.75) is 31.6 Å². The molecule has 0 aliphatic carbocycles. The van der Waals surface area contributed by atoms with Gasteiger partial charge in [0.05, 0.1) is 21.8 Å². The van der Waals surface area contributed by atoms with E-state index in [4.69, 9.17) is 27.9 Å². The van der Waals surface area contributed by atoms with Gasteiger partial charge in [0.2, 0.25) is 5.91 Å². The van der Waals surface area contributed by atoms with Crippen molar-refractivity contribution < 1.29 is 37.1 Å². The van der Waals surface area contributed by atoms with Gasteiger partial charge in [0, 0.05) is 31.1 Å². The number of alkyl halides is 3.